The summed E-state index contributed by atoms with van der Waals surface area (Å²) in [6.07, 6.45) is 2.46. The van der Waals surface area contributed by atoms with Crippen LogP contribution in [-0.4, -0.2) is 37.6 Å². The van der Waals surface area contributed by atoms with Gasteiger partial charge in [-0.05, 0) is 56.1 Å². The molecule has 0 amide bonds. The van der Waals surface area contributed by atoms with Gasteiger partial charge in [-0.3, -0.25) is 0 Å². The lowest BCUT2D eigenvalue weighted by molar-refractivity contribution is 0.275. The van der Waals surface area contributed by atoms with Gasteiger partial charge in [0.05, 0.1) is 0 Å². The van der Waals surface area contributed by atoms with Crippen molar-refractivity contribution in [3.8, 4) is 0 Å². The van der Waals surface area contributed by atoms with E-state index in [4.69, 9.17) is 0 Å². The van der Waals surface area contributed by atoms with E-state index in [2.05, 4.69) is 23.6 Å². The van der Waals surface area contributed by atoms with Crippen LogP contribution in [0, 0.1) is 11.7 Å². The minimum Gasteiger partial charge on any atom is -0.370 e. The first kappa shape index (κ1) is 14.3. The van der Waals surface area contributed by atoms with E-state index < -0.39 is 0 Å². The molecule has 106 valence electrons. The maximum Gasteiger partial charge on any atom is 0.123 e. The predicted octanol–water partition coefficient (Wildman–Crippen LogP) is 3.38. The van der Waals surface area contributed by atoms with Gasteiger partial charge in [-0.25, -0.2) is 4.39 Å². The van der Waals surface area contributed by atoms with Gasteiger partial charge in [0, 0.05) is 25.3 Å². The van der Waals surface area contributed by atoms with Crippen molar-refractivity contribution in [3.63, 3.8) is 0 Å². The van der Waals surface area contributed by atoms with Gasteiger partial charge in [-0.15, -0.1) is 0 Å². The number of anilines is 1. The summed E-state index contributed by atoms with van der Waals surface area (Å²) in [4.78, 5) is 4.93. The van der Waals surface area contributed by atoms with Gasteiger partial charge in [0.2, 0.25) is 0 Å². The van der Waals surface area contributed by atoms with Gasteiger partial charge in [-0.1, -0.05) is 13.8 Å². The summed E-state index contributed by atoms with van der Waals surface area (Å²) in [5.74, 6) is 0.619. The molecule has 1 fully saturated rings. The topological polar surface area (TPSA) is 6.48 Å². The Kier molecular flexibility index (Phi) is 5.20. The molecule has 1 heterocycles. The Balaban J connectivity index is 1.87. The van der Waals surface area contributed by atoms with Gasteiger partial charge >= 0.3 is 0 Å². The molecular formula is C16H25FN2. The van der Waals surface area contributed by atoms with E-state index in [1.54, 1.807) is 12.1 Å². The third-order valence-corrected chi connectivity index (χ3v) is 3.80. The summed E-state index contributed by atoms with van der Waals surface area (Å²) in [7, 11) is 0. The van der Waals surface area contributed by atoms with Crippen molar-refractivity contribution in [2.24, 2.45) is 5.92 Å². The number of hydrogen-bond donors (Lipinski definition) is 0. The van der Waals surface area contributed by atoms with Crippen molar-refractivity contribution in [2.75, 3.05) is 37.6 Å². The highest BCUT2D eigenvalue weighted by Gasteiger charge is 2.15. The zero-order chi connectivity index (χ0) is 13.7. The first-order valence-electron chi connectivity index (χ1n) is 7.38. The highest BCUT2D eigenvalue weighted by Crippen LogP contribution is 2.17. The van der Waals surface area contributed by atoms with Gasteiger partial charge < -0.3 is 9.80 Å². The van der Waals surface area contributed by atoms with Crippen LogP contribution in [0.3, 0.4) is 0 Å². The van der Waals surface area contributed by atoms with Crippen LogP contribution in [0.1, 0.15) is 26.7 Å². The molecule has 1 saturated heterocycles. The molecular weight excluding hydrogens is 239 g/mol. The van der Waals surface area contributed by atoms with Gasteiger partial charge in [-0.2, -0.15) is 0 Å². The molecule has 19 heavy (non-hydrogen) atoms. The Morgan fingerprint density at radius 1 is 1.05 bits per heavy atom. The fourth-order valence-electron chi connectivity index (χ4n) is 2.55. The van der Waals surface area contributed by atoms with Crippen LogP contribution in [-0.2, 0) is 0 Å². The van der Waals surface area contributed by atoms with Gasteiger partial charge in [0.15, 0.2) is 0 Å². The quantitative estimate of drug-likeness (QED) is 0.822. The SMILES string of the molecule is CC(C)CCN1CCCN(c2ccc(F)cc2)CC1. The minimum absolute atomic E-state index is 0.155. The molecule has 3 heteroatoms. The molecule has 1 aromatic carbocycles. The number of nitrogens with zero attached hydrogens (tertiary/aromatic N) is 2. The Hall–Kier alpha value is -1.09. The van der Waals surface area contributed by atoms with Crippen LogP contribution in [0.5, 0.6) is 0 Å². The van der Waals surface area contributed by atoms with Gasteiger partial charge in [0.1, 0.15) is 5.82 Å². The summed E-state index contributed by atoms with van der Waals surface area (Å²) in [6.45, 7) is 10.2. The third-order valence-electron chi connectivity index (χ3n) is 3.80. The largest absolute Gasteiger partial charge is 0.370 e. The highest BCUT2D eigenvalue weighted by atomic mass is 19.1. The molecule has 0 unspecified atom stereocenters. The molecule has 0 N–H and O–H groups in total. The predicted molar refractivity (Wildman–Crippen MR) is 79.1 cm³/mol. The Labute approximate surface area is 116 Å². The highest BCUT2D eigenvalue weighted by molar-refractivity contribution is 5.46. The lowest BCUT2D eigenvalue weighted by Crippen LogP contribution is -2.31. The molecule has 1 aliphatic rings. The zero-order valence-corrected chi connectivity index (χ0v) is 12.1. The van der Waals surface area contributed by atoms with Crippen LogP contribution < -0.4 is 4.90 Å². The molecule has 2 rings (SSSR count). The second-order valence-electron chi connectivity index (χ2n) is 5.84. The van der Waals surface area contributed by atoms with E-state index in [0.717, 1.165) is 31.2 Å². The zero-order valence-electron chi connectivity index (χ0n) is 12.1. The fraction of sp³-hybridized carbons (Fsp3) is 0.625. The minimum atomic E-state index is -0.155. The van der Waals surface area contributed by atoms with Crippen molar-refractivity contribution < 1.29 is 4.39 Å². The molecule has 0 bridgehead atoms. The third kappa shape index (κ3) is 4.50. The molecule has 0 spiro atoms. The van der Waals surface area contributed by atoms with Crippen molar-refractivity contribution in [2.45, 2.75) is 26.7 Å². The van der Waals surface area contributed by atoms with Crippen molar-refractivity contribution in [3.05, 3.63) is 30.1 Å². The summed E-state index contributed by atoms with van der Waals surface area (Å²) < 4.78 is 12.9. The van der Waals surface area contributed by atoms with E-state index in [1.165, 1.54) is 25.9 Å². The second-order valence-corrected chi connectivity index (χ2v) is 5.84. The Morgan fingerprint density at radius 2 is 1.79 bits per heavy atom. The summed E-state index contributed by atoms with van der Waals surface area (Å²) >= 11 is 0. The average molecular weight is 264 g/mol. The van der Waals surface area contributed by atoms with E-state index in [1.807, 2.05) is 12.1 Å². The van der Waals surface area contributed by atoms with E-state index in [9.17, 15) is 4.39 Å². The molecule has 2 nitrogen and oxygen atoms in total. The van der Waals surface area contributed by atoms with Crippen LogP contribution in [0.15, 0.2) is 24.3 Å². The monoisotopic (exact) mass is 264 g/mol. The second kappa shape index (κ2) is 6.90. The normalized spacial score (nSPS) is 17.8. The van der Waals surface area contributed by atoms with Crippen LogP contribution >= 0.6 is 0 Å². The number of benzene rings is 1. The first-order valence-corrected chi connectivity index (χ1v) is 7.38. The Bertz CT molecular complexity index is 375. The lowest BCUT2D eigenvalue weighted by atomic mass is 10.1. The van der Waals surface area contributed by atoms with Crippen molar-refractivity contribution in [1.82, 2.24) is 4.90 Å². The van der Waals surface area contributed by atoms with Crippen molar-refractivity contribution in [1.29, 1.82) is 0 Å². The molecule has 0 atom stereocenters. The first-order chi connectivity index (χ1) is 9.15. The fourth-order valence-corrected chi connectivity index (χ4v) is 2.55. The van der Waals surface area contributed by atoms with Crippen LogP contribution in [0.25, 0.3) is 0 Å². The molecule has 1 aromatic rings. The summed E-state index contributed by atoms with van der Waals surface area (Å²) in [5, 5.41) is 0. The number of rotatable bonds is 4. The lowest BCUT2D eigenvalue weighted by Gasteiger charge is -2.24. The van der Waals surface area contributed by atoms with Gasteiger partial charge in [0.25, 0.3) is 0 Å². The van der Waals surface area contributed by atoms with E-state index in [0.29, 0.717) is 0 Å². The molecule has 0 aliphatic carbocycles. The standard InChI is InChI=1S/C16H25FN2/c1-14(2)8-11-18-9-3-10-19(13-12-18)16-6-4-15(17)5-7-16/h4-7,14H,3,8-13H2,1-2H3. The molecule has 0 saturated carbocycles. The molecule has 0 aromatic heterocycles. The Morgan fingerprint density at radius 3 is 2.47 bits per heavy atom. The molecule has 1 aliphatic heterocycles. The smallest absolute Gasteiger partial charge is 0.123 e. The maximum atomic E-state index is 12.9. The van der Waals surface area contributed by atoms with Crippen LogP contribution in [0.4, 0.5) is 10.1 Å². The van der Waals surface area contributed by atoms with E-state index >= 15 is 0 Å². The summed E-state index contributed by atoms with van der Waals surface area (Å²) in [5.41, 5.74) is 1.15. The number of hydrogen-bond acceptors (Lipinski definition) is 2. The maximum absolute atomic E-state index is 12.9. The number of halogens is 1. The van der Waals surface area contributed by atoms with Crippen LogP contribution in [0.2, 0.25) is 0 Å². The van der Waals surface area contributed by atoms with Crippen molar-refractivity contribution >= 4 is 5.69 Å². The van der Waals surface area contributed by atoms with E-state index in [-0.39, 0.29) is 5.82 Å². The summed E-state index contributed by atoms with van der Waals surface area (Å²) in [6, 6.07) is 6.88. The molecule has 0 radical (unpaired) electrons. The average Bonchev–Trinajstić information content (AvgIpc) is 2.63.